The maximum absolute atomic E-state index is 14.4. The fourth-order valence-corrected chi connectivity index (χ4v) is 10.1. The normalized spacial score (nSPS) is 11.9. The predicted octanol–water partition coefficient (Wildman–Crippen LogP) is 18.4. The molecule has 0 saturated carbocycles. The van der Waals surface area contributed by atoms with E-state index < -0.39 is 23.5 Å². The molecule has 0 aliphatic rings. The quantitative estimate of drug-likeness (QED) is 0.135. The van der Waals surface area contributed by atoms with E-state index in [0.717, 1.165) is 57.3 Å². The minimum atomic E-state index is -4.59. The van der Waals surface area contributed by atoms with E-state index in [1.54, 1.807) is 38.1 Å². The van der Waals surface area contributed by atoms with E-state index in [9.17, 15) is 26.3 Å². The molecule has 0 N–H and O–H groups in total. The maximum Gasteiger partial charge on any atom is 0.416 e. The molecule has 12 rings (SSSR count). The summed E-state index contributed by atoms with van der Waals surface area (Å²) in [6, 6.07) is 68.1. The molecular weight excluding hydrogens is 977 g/mol. The highest BCUT2D eigenvalue weighted by Crippen LogP contribution is 2.43. The summed E-state index contributed by atoms with van der Waals surface area (Å²) in [5.74, 6) is 0.892. The van der Waals surface area contributed by atoms with Crippen LogP contribution in [0.25, 0.3) is 118 Å². The molecule has 0 unspecified atom stereocenters. The van der Waals surface area contributed by atoms with Gasteiger partial charge in [-0.2, -0.15) is 26.3 Å². The van der Waals surface area contributed by atoms with Crippen molar-refractivity contribution >= 4 is 21.8 Å². The average Bonchev–Trinajstić information content (AvgIpc) is 4.00. The van der Waals surface area contributed by atoms with E-state index in [1.165, 1.54) is 0 Å². The van der Waals surface area contributed by atoms with Crippen LogP contribution < -0.4 is 0 Å². The third-order valence-corrected chi connectivity index (χ3v) is 13.7. The van der Waals surface area contributed by atoms with E-state index in [-0.39, 0.29) is 0 Å². The second-order valence-corrected chi connectivity index (χ2v) is 19.1. The first-order chi connectivity index (χ1) is 37.2. The van der Waals surface area contributed by atoms with Gasteiger partial charge in [0.05, 0.1) is 50.6 Å². The number of fused-ring (bicyclic) bond motifs is 3. The summed E-state index contributed by atoms with van der Waals surface area (Å²) >= 11 is 0. The van der Waals surface area contributed by atoms with Gasteiger partial charge in [0.1, 0.15) is 0 Å². The van der Waals surface area contributed by atoms with Crippen molar-refractivity contribution in [3.63, 3.8) is 0 Å². The van der Waals surface area contributed by atoms with Crippen LogP contribution in [0.4, 0.5) is 26.3 Å². The van der Waals surface area contributed by atoms with Gasteiger partial charge in [-0.3, -0.25) is 0 Å². The van der Waals surface area contributed by atoms with Crippen molar-refractivity contribution in [1.29, 1.82) is 0 Å². The topological polar surface area (TPSA) is 56.5 Å². The lowest BCUT2D eigenvalue weighted by Gasteiger charge is -2.18. The van der Waals surface area contributed by atoms with Gasteiger partial charge in [0, 0.05) is 44.2 Å². The van der Waals surface area contributed by atoms with Crippen molar-refractivity contribution in [2.75, 3.05) is 0 Å². The van der Waals surface area contributed by atoms with Gasteiger partial charge in [0.2, 0.25) is 0 Å². The van der Waals surface area contributed by atoms with Crippen LogP contribution >= 0.6 is 0 Å². The first-order valence-electron chi connectivity index (χ1n) is 24.8. The zero-order valence-electron chi connectivity index (χ0n) is 41.4. The Morgan fingerprint density at radius 2 is 0.688 bits per heavy atom. The summed E-state index contributed by atoms with van der Waals surface area (Å²) in [6.07, 6.45) is -9.18. The van der Waals surface area contributed by atoms with Gasteiger partial charge in [-0.05, 0) is 114 Å². The van der Waals surface area contributed by atoms with Crippen molar-refractivity contribution in [2.24, 2.45) is 0 Å². The second kappa shape index (κ2) is 19.3. The van der Waals surface area contributed by atoms with Gasteiger partial charge < -0.3 is 4.57 Å². The van der Waals surface area contributed by atoms with Crippen LogP contribution in [0.3, 0.4) is 0 Å². The van der Waals surface area contributed by atoms with Crippen LogP contribution in [0.5, 0.6) is 0 Å². The van der Waals surface area contributed by atoms with Gasteiger partial charge in [-0.15, -0.1) is 0 Å². The van der Waals surface area contributed by atoms with E-state index in [0.29, 0.717) is 95.7 Å². The largest absolute Gasteiger partial charge is 0.416 e. The number of aryl methyl sites for hydroxylation is 2. The monoisotopic (exact) mass is 1020 g/mol. The van der Waals surface area contributed by atoms with Gasteiger partial charge in [-0.25, -0.2) is 19.9 Å². The lowest BCUT2D eigenvalue weighted by molar-refractivity contribution is -0.138. The average molecular weight is 1020 g/mol. The molecule has 77 heavy (non-hydrogen) atoms. The number of hydrogen-bond acceptors (Lipinski definition) is 4. The van der Waals surface area contributed by atoms with Crippen LogP contribution in [-0.4, -0.2) is 24.5 Å². The lowest BCUT2D eigenvalue weighted by Crippen LogP contribution is -2.05. The van der Waals surface area contributed by atoms with Crippen molar-refractivity contribution in [2.45, 2.75) is 26.2 Å². The molecule has 0 aliphatic carbocycles. The molecular formula is C66H43F6N5. The number of aromatic nitrogens is 5. The van der Waals surface area contributed by atoms with Crippen LogP contribution in [0.15, 0.2) is 224 Å². The number of halogens is 6. The lowest BCUT2D eigenvalue weighted by atomic mass is 9.98. The molecule has 3 heterocycles. The fourth-order valence-electron chi connectivity index (χ4n) is 10.1. The van der Waals surface area contributed by atoms with Crippen molar-refractivity contribution in [1.82, 2.24) is 24.5 Å². The van der Waals surface area contributed by atoms with Crippen molar-refractivity contribution in [3.05, 3.63) is 247 Å². The molecule has 0 bridgehead atoms. The Balaban J connectivity index is 1.18. The summed E-state index contributed by atoms with van der Waals surface area (Å²) in [7, 11) is 0. The zero-order chi connectivity index (χ0) is 53.0. The van der Waals surface area contributed by atoms with Crippen molar-refractivity contribution < 1.29 is 26.3 Å². The molecule has 0 fully saturated rings. The molecule has 9 aromatic carbocycles. The van der Waals surface area contributed by atoms with E-state index in [4.69, 9.17) is 19.9 Å². The second-order valence-electron chi connectivity index (χ2n) is 19.1. The molecule has 3 aromatic heterocycles. The Morgan fingerprint density at radius 3 is 1.12 bits per heavy atom. The fraction of sp³-hybridized carbons (Fsp3) is 0.0606. The molecule has 0 amide bonds. The molecule has 0 atom stereocenters. The molecule has 11 heteroatoms. The molecule has 0 aliphatic heterocycles. The number of nitrogens with zero attached hydrogens (tertiary/aromatic N) is 5. The van der Waals surface area contributed by atoms with Crippen LogP contribution in [-0.2, 0) is 12.4 Å². The van der Waals surface area contributed by atoms with E-state index >= 15 is 0 Å². The Labute approximate surface area is 439 Å². The third-order valence-electron chi connectivity index (χ3n) is 13.7. The maximum atomic E-state index is 14.4. The summed E-state index contributed by atoms with van der Waals surface area (Å²) in [5.41, 5.74) is 10.3. The summed E-state index contributed by atoms with van der Waals surface area (Å²) in [4.78, 5) is 20.8. The minimum Gasteiger partial charge on any atom is -0.309 e. The highest BCUT2D eigenvalue weighted by molar-refractivity contribution is 6.12. The summed E-state index contributed by atoms with van der Waals surface area (Å²) in [5, 5.41) is 1.52. The standard InChI is InChI=1S/C66H43F6N5/c1-40-29-49(33-51(31-40)65(67,68)69)46-23-26-53-54-27-24-47(50-30-41(2)32-52(34-50)66(70,71)72)37-62(54)77(61(53)36-46)60-28-25-48(64-74-56(42-15-7-3-8-16-42)38-57(75-64)43-17-9-4-10-18-43)35-55(60)59-39-58(44-19-11-5-12-20-44)73-63(76-59)45-21-13-6-14-22-45/h3-39H,1-2H3. The Morgan fingerprint density at radius 1 is 0.312 bits per heavy atom. The van der Waals surface area contributed by atoms with Gasteiger partial charge >= 0.3 is 12.4 Å². The van der Waals surface area contributed by atoms with Crippen LogP contribution in [0.1, 0.15) is 22.3 Å². The number of benzene rings is 9. The summed E-state index contributed by atoms with van der Waals surface area (Å²) in [6.45, 7) is 3.27. The first-order valence-corrected chi connectivity index (χ1v) is 24.8. The minimum absolute atomic E-state index is 0.368. The number of rotatable bonds is 9. The molecule has 5 nitrogen and oxygen atoms in total. The van der Waals surface area contributed by atoms with E-state index in [1.807, 2.05) is 180 Å². The highest BCUT2D eigenvalue weighted by Gasteiger charge is 2.32. The van der Waals surface area contributed by atoms with Gasteiger partial charge in [0.15, 0.2) is 11.6 Å². The molecule has 0 radical (unpaired) electrons. The molecule has 0 saturated heterocycles. The van der Waals surface area contributed by atoms with Crippen LogP contribution in [0.2, 0.25) is 0 Å². The molecule has 0 spiro atoms. The Bertz CT molecular complexity index is 3960. The van der Waals surface area contributed by atoms with Crippen LogP contribution in [0, 0.1) is 13.8 Å². The number of hydrogen-bond donors (Lipinski definition) is 0. The van der Waals surface area contributed by atoms with Gasteiger partial charge in [-0.1, -0.05) is 158 Å². The first kappa shape index (κ1) is 48.5. The van der Waals surface area contributed by atoms with Gasteiger partial charge in [0.25, 0.3) is 0 Å². The molecule has 374 valence electrons. The smallest absolute Gasteiger partial charge is 0.309 e. The SMILES string of the molecule is Cc1cc(-c2ccc3c4ccc(-c5cc(C)cc(C(F)(F)F)c5)cc4n(-c4ccc(-c5nc(-c6ccccc6)cc(-c6ccccc6)n5)cc4-c4cc(-c5ccccc5)nc(-c5ccccc5)n4)c3c2)cc(C(F)(F)F)c1. The third kappa shape index (κ3) is 9.64. The molecule has 12 aromatic rings. The van der Waals surface area contributed by atoms with Crippen molar-refractivity contribution in [3.8, 4) is 95.7 Å². The summed E-state index contributed by atoms with van der Waals surface area (Å²) < 4.78 is 88.4. The van der Waals surface area contributed by atoms with E-state index in [2.05, 4.69) is 0 Å². The Hall–Kier alpha value is -9.48. The highest BCUT2D eigenvalue weighted by atomic mass is 19.4. The Kier molecular flexibility index (Phi) is 12.2. The zero-order valence-corrected chi connectivity index (χ0v) is 41.4. The predicted molar refractivity (Wildman–Crippen MR) is 295 cm³/mol. The number of alkyl halides is 6.